The third kappa shape index (κ3) is 5.32. The van der Waals surface area contributed by atoms with Gasteiger partial charge in [-0.15, -0.1) is 12.4 Å². The van der Waals surface area contributed by atoms with Crippen LogP contribution in [-0.2, 0) is 4.74 Å². The van der Waals surface area contributed by atoms with Gasteiger partial charge in [0, 0.05) is 19.0 Å². The van der Waals surface area contributed by atoms with Gasteiger partial charge in [0.15, 0.2) is 0 Å². The Morgan fingerprint density at radius 2 is 2.06 bits per heavy atom. The van der Waals surface area contributed by atoms with Crippen LogP contribution in [0, 0.1) is 0 Å². The Morgan fingerprint density at radius 1 is 1.50 bits per heavy atom. The molecule has 8 heteroatoms. The number of carbonyl (C=O) groups is 1. The summed E-state index contributed by atoms with van der Waals surface area (Å²) in [5.41, 5.74) is 1.58. The van der Waals surface area contributed by atoms with Crippen LogP contribution in [0.5, 0.6) is 0 Å². The highest BCUT2D eigenvalue weighted by atomic mass is 35.5. The molecule has 0 radical (unpaired) electrons. The molecule has 108 valence electrons. The van der Waals surface area contributed by atoms with Crippen molar-refractivity contribution in [1.29, 1.82) is 0 Å². The van der Waals surface area contributed by atoms with Gasteiger partial charge in [-0.1, -0.05) is 0 Å². The highest BCUT2D eigenvalue weighted by molar-refractivity contribution is 5.85. The van der Waals surface area contributed by atoms with E-state index in [2.05, 4.69) is 5.43 Å². The van der Waals surface area contributed by atoms with E-state index in [9.17, 15) is 13.6 Å². The molecule has 1 saturated heterocycles. The molecule has 0 aromatic heterocycles. The largest absolute Gasteiger partial charge is 0.444 e. The molecule has 1 aliphatic rings. The lowest BCUT2D eigenvalue weighted by molar-refractivity contribution is -0.0784. The standard InChI is InChI=1S/C10H19F2N3O2.ClH/c1-9(2,3)17-8(16)15-5-7(14-13)4-10(11,12)6-15;/h7,14H,4-6,13H2,1-3H3;1H. The van der Waals surface area contributed by atoms with Crippen LogP contribution >= 0.6 is 12.4 Å². The molecule has 0 spiro atoms. The van der Waals surface area contributed by atoms with E-state index < -0.39 is 30.2 Å². The Morgan fingerprint density at radius 3 is 2.50 bits per heavy atom. The zero-order valence-electron chi connectivity index (χ0n) is 10.7. The fourth-order valence-corrected chi connectivity index (χ4v) is 1.68. The molecule has 0 bridgehead atoms. The van der Waals surface area contributed by atoms with Crippen molar-refractivity contribution in [3.05, 3.63) is 0 Å². The molecule has 0 aromatic rings. The summed E-state index contributed by atoms with van der Waals surface area (Å²) >= 11 is 0. The third-order valence-corrected chi connectivity index (χ3v) is 2.30. The number of halogens is 3. The Labute approximate surface area is 111 Å². The van der Waals surface area contributed by atoms with Crippen molar-refractivity contribution in [2.24, 2.45) is 5.84 Å². The number of hydrazine groups is 1. The van der Waals surface area contributed by atoms with Crippen molar-refractivity contribution >= 4 is 18.5 Å². The number of hydrogen-bond donors (Lipinski definition) is 2. The van der Waals surface area contributed by atoms with Crippen LogP contribution in [0.1, 0.15) is 27.2 Å². The van der Waals surface area contributed by atoms with Gasteiger partial charge in [0.25, 0.3) is 5.92 Å². The van der Waals surface area contributed by atoms with E-state index in [4.69, 9.17) is 10.6 Å². The maximum Gasteiger partial charge on any atom is 0.410 e. The molecule has 1 fully saturated rings. The van der Waals surface area contributed by atoms with Crippen LogP contribution in [0.25, 0.3) is 0 Å². The average molecular weight is 288 g/mol. The van der Waals surface area contributed by atoms with Crippen molar-refractivity contribution in [3.8, 4) is 0 Å². The third-order valence-electron chi connectivity index (χ3n) is 2.30. The number of nitrogens with zero attached hydrogens (tertiary/aromatic N) is 1. The van der Waals surface area contributed by atoms with Gasteiger partial charge in [0.2, 0.25) is 0 Å². The lowest BCUT2D eigenvalue weighted by Gasteiger charge is -2.37. The summed E-state index contributed by atoms with van der Waals surface area (Å²) in [4.78, 5) is 12.7. The molecular formula is C10H20ClF2N3O2. The number of rotatable bonds is 1. The lowest BCUT2D eigenvalue weighted by atomic mass is 10.0. The fraction of sp³-hybridized carbons (Fsp3) is 0.900. The van der Waals surface area contributed by atoms with E-state index in [1.807, 2.05) is 0 Å². The van der Waals surface area contributed by atoms with Gasteiger partial charge in [-0.05, 0) is 20.8 Å². The van der Waals surface area contributed by atoms with E-state index in [-0.39, 0.29) is 25.4 Å². The normalized spacial score (nSPS) is 23.2. The average Bonchev–Trinajstić information content (AvgIpc) is 2.12. The van der Waals surface area contributed by atoms with Crippen LogP contribution in [0.4, 0.5) is 13.6 Å². The zero-order chi connectivity index (χ0) is 13.3. The quantitative estimate of drug-likeness (QED) is 0.567. The van der Waals surface area contributed by atoms with Crippen LogP contribution in [0.2, 0.25) is 0 Å². The molecule has 3 N–H and O–H groups in total. The first-order valence-corrected chi connectivity index (χ1v) is 5.45. The van der Waals surface area contributed by atoms with Gasteiger partial charge in [0.05, 0.1) is 6.54 Å². The van der Waals surface area contributed by atoms with Crippen LogP contribution in [0.3, 0.4) is 0 Å². The molecule has 18 heavy (non-hydrogen) atoms. The second-order valence-corrected chi connectivity index (χ2v) is 5.28. The highest BCUT2D eigenvalue weighted by Gasteiger charge is 2.42. The first kappa shape index (κ1) is 17.3. The predicted octanol–water partition coefficient (Wildman–Crippen LogP) is 1.52. The summed E-state index contributed by atoms with van der Waals surface area (Å²) in [6, 6.07) is -0.619. The first-order valence-electron chi connectivity index (χ1n) is 5.45. The number of piperidine rings is 1. The predicted molar refractivity (Wildman–Crippen MR) is 65.7 cm³/mol. The van der Waals surface area contributed by atoms with Crippen molar-refractivity contribution in [1.82, 2.24) is 10.3 Å². The summed E-state index contributed by atoms with van der Waals surface area (Å²) in [7, 11) is 0. The summed E-state index contributed by atoms with van der Waals surface area (Å²) < 4.78 is 31.7. The minimum atomic E-state index is -2.94. The second kappa shape index (κ2) is 5.99. The van der Waals surface area contributed by atoms with Gasteiger partial charge in [0.1, 0.15) is 5.60 Å². The molecule has 5 nitrogen and oxygen atoms in total. The minimum Gasteiger partial charge on any atom is -0.444 e. The maximum absolute atomic E-state index is 13.3. The topological polar surface area (TPSA) is 67.6 Å². The number of amides is 1. The monoisotopic (exact) mass is 287 g/mol. The van der Waals surface area contributed by atoms with Crippen molar-refractivity contribution in [3.63, 3.8) is 0 Å². The van der Waals surface area contributed by atoms with Crippen molar-refractivity contribution in [2.75, 3.05) is 13.1 Å². The van der Waals surface area contributed by atoms with Crippen LogP contribution in [0.15, 0.2) is 0 Å². The Bertz CT molecular complexity index is 297. The molecule has 1 amide bonds. The van der Waals surface area contributed by atoms with Gasteiger partial charge in [-0.3, -0.25) is 11.3 Å². The molecule has 1 unspecified atom stereocenters. The second-order valence-electron chi connectivity index (χ2n) is 5.28. The number of likely N-dealkylation sites (tertiary alicyclic amines) is 1. The molecule has 0 saturated carbocycles. The molecule has 1 heterocycles. The van der Waals surface area contributed by atoms with E-state index in [0.29, 0.717) is 0 Å². The summed E-state index contributed by atoms with van der Waals surface area (Å²) in [5, 5.41) is 0. The smallest absolute Gasteiger partial charge is 0.410 e. The van der Waals surface area contributed by atoms with E-state index in [0.717, 1.165) is 4.90 Å². The molecule has 0 aliphatic carbocycles. The number of nitrogens with one attached hydrogen (secondary N) is 1. The molecule has 1 aliphatic heterocycles. The molecule has 0 aromatic carbocycles. The fourth-order valence-electron chi connectivity index (χ4n) is 1.68. The van der Waals surface area contributed by atoms with E-state index >= 15 is 0 Å². The van der Waals surface area contributed by atoms with Gasteiger partial charge in [-0.2, -0.15) is 0 Å². The summed E-state index contributed by atoms with van der Waals surface area (Å²) in [6.45, 7) is 4.56. The molecule has 1 rings (SSSR count). The Balaban J connectivity index is 0.00000289. The Kier molecular flexibility index (Phi) is 5.77. The summed E-state index contributed by atoms with van der Waals surface area (Å²) in [6.07, 6.45) is -1.11. The SMILES string of the molecule is CC(C)(C)OC(=O)N1CC(NN)CC(F)(F)C1.Cl. The minimum absolute atomic E-state index is 0. The zero-order valence-corrected chi connectivity index (χ0v) is 11.5. The number of alkyl halides is 2. The number of nitrogens with two attached hydrogens (primary N) is 1. The maximum atomic E-state index is 13.3. The lowest BCUT2D eigenvalue weighted by Crippen LogP contribution is -2.57. The van der Waals surface area contributed by atoms with E-state index in [1.165, 1.54) is 0 Å². The number of ether oxygens (including phenoxy) is 1. The molecule has 1 atom stereocenters. The van der Waals surface area contributed by atoms with Crippen molar-refractivity contribution in [2.45, 2.75) is 44.8 Å². The number of carbonyl (C=O) groups excluding carboxylic acids is 1. The van der Waals surface area contributed by atoms with Gasteiger partial charge < -0.3 is 9.64 Å². The highest BCUT2D eigenvalue weighted by Crippen LogP contribution is 2.27. The summed E-state index contributed by atoms with van der Waals surface area (Å²) in [5.74, 6) is 2.21. The Hall–Kier alpha value is -0.660. The van der Waals surface area contributed by atoms with Gasteiger partial charge in [-0.25, -0.2) is 13.6 Å². The first-order chi connectivity index (χ1) is 7.63. The van der Waals surface area contributed by atoms with E-state index in [1.54, 1.807) is 20.8 Å². The molecular weight excluding hydrogens is 268 g/mol. The number of hydrogen-bond acceptors (Lipinski definition) is 4. The van der Waals surface area contributed by atoms with Crippen LogP contribution < -0.4 is 11.3 Å². The van der Waals surface area contributed by atoms with Gasteiger partial charge >= 0.3 is 6.09 Å². The van der Waals surface area contributed by atoms with Crippen LogP contribution in [-0.4, -0.2) is 41.6 Å². The van der Waals surface area contributed by atoms with Crippen molar-refractivity contribution < 1.29 is 18.3 Å².